The van der Waals surface area contributed by atoms with Crippen LogP contribution in [0.25, 0.3) is 0 Å². The van der Waals surface area contributed by atoms with Gasteiger partial charge in [-0.3, -0.25) is 0 Å². The van der Waals surface area contributed by atoms with Crippen LogP contribution in [0.1, 0.15) is 31.5 Å². The Labute approximate surface area is 79.0 Å². The van der Waals surface area contributed by atoms with Crippen LogP contribution in [0.2, 0.25) is 0 Å². The van der Waals surface area contributed by atoms with E-state index in [2.05, 4.69) is 15.6 Å². The Morgan fingerprint density at radius 1 is 1.46 bits per heavy atom. The first-order chi connectivity index (χ1) is 6.34. The minimum Gasteiger partial charge on any atom is -0.248 e. The molecule has 3 heteroatoms. The van der Waals surface area contributed by atoms with Crippen LogP contribution in [-0.2, 0) is 13.5 Å². The molecule has 0 aliphatic carbocycles. The van der Waals surface area contributed by atoms with Crippen LogP contribution in [0.5, 0.6) is 0 Å². The lowest BCUT2D eigenvalue weighted by atomic mass is 10.1. The Bertz CT molecular complexity index is 283. The molecule has 0 spiro atoms. The van der Waals surface area contributed by atoms with Crippen molar-refractivity contribution >= 4 is 0 Å². The highest BCUT2D eigenvalue weighted by molar-refractivity contribution is 4.77. The number of imidazole rings is 1. The number of H-pyrrole nitrogens is 1. The Morgan fingerprint density at radius 2 is 2.31 bits per heavy atom. The maximum atomic E-state index is 8.33. The van der Waals surface area contributed by atoms with E-state index in [9.17, 15) is 0 Å². The highest BCUT2D eigenvalue weighted by Gasteiger charge is 2.04. The van der Waals surface area contributed by atoms with E-state index in [4.69, 9.17) is 5.26 Å². The number of aromatic amines is 1. The van der Waals surface area contributed by atoms with E-state index >= 15 is 0 Å². The Kier molecular flexibility index (Phi) is 4.04. The van der Waals surface area contributed by atoms with Gasteiger partial charge in [-0.1, -0.05) is 6.42 Å². The zero-order chi connectivity index (χ0) is 9.52. The molecule has 0 radical (unpaired) electrons. The van der Waals surface area contributed by atoms with Crippen LogP contribution in [0.3, 0.4) is 0 Å². The van der Waals surface area contributed by atoms with E-state index in [1.165, 1.54) is 5.82 Å². The number of nitrogens with zero attached hydrogens (tertiary/aromatic N) is 2. The molecule has 1 aromatic rings. The van der Waals surface area contributed by atoms with Crippen LogP contribution < -0.4 is 4.57 Å². The molecule has 70 valence electrons. The number of aryl methyl sites for hydroxylation is 2. The van der Waals surface area contributed by atoms with E-state index in [0.717, 1.165) is 25.7 Å². The summed E-state index contributed by atoms with van der Waals surface area (Å²) in [5, 5.41) is 8.33. The summed E-state index contributed by atoms with van der Waals surface area (Å²) in [5.41, 5.74) is 0. The van der Waals surface area contributed by atoms with Gasteiger partial charge in [0.2, 0.25) is 0 Å². The minimum atomic E-state index is 0.691. The van der Waals surface area contributed by atoms with Gasteiger partial charge in [0, 0.05) is 12.8 Å². The van der Waals surface area contributed by atoms with E-state index in [-0.39, 0.29) is 0 Å². The number of unbranched alkanes of at least 4 members (excludes halogenated alkanes) is 3. The minimum absolute atomic E-state index is 0.691. The van der Waals surface area contributed by atoms with Gasteiger partial charge in [0.15, 0.2) is 0 Å². The molecule has 0 saturated heterocycles. The summed E-state index contributed by atoms with van der Waals surface area (Å²) in [6.45, 7) is 0. The molecule has 3 nitrogen and oxygen atoms in total. The van der Waals surface area contributed by atoms with Crippen LogP contribution in [0, 0.1) is 11.3 Å². The van der Waals surface area contributed by atoms with Crippen molar-refractivity contribution in [3.63, 3.8) is 0 Å². The summed E-state index contributed by atoms with van der Waals surface area (Å²) in [6, 6.07) is 2.16. The molecule has 0 aliphatic heterocycles. The van der Waals surface area contributed by atoms with Gasteiger partial charge in [-0.2, -0.15) is 5.26 Å². The fourth-order valence-corrected chi connectivity index (χ4v) is 1.36. The second kappa shape index (κ2) is 5.36. The third kappa shape index (κ3) is 3.29. The zero-order valence-corrected chi connectivity index (χ0v) is 8.08. The zero-order valence-electron chi connectivity index (χ0n) is 8.08. The molecule has 0 bridgehead atoms. The topological polar surface area (TPSA) is 43.5 Å². The van der Waals surface area contributed by atoms with Gasteiger partial charge in [0.25, 0.3) is 5.82 Å². The first kappa shape index (κ1) is 9.79. The second-order valence-electron chi connectivity index (χ2n) is 3.24. The number of nitriles is 1. The van der Waals surface area contributed by atoms with E-state index in [1.54, 1.807) is 0 Å². The van der Waals surface area contributed by atoms with Crippen molar-refractivity contribution in [2.45, 2.75) is 32.1 Å². The predicted octanol–water partition coefficient (Wildman–Crippen LogP) is 1.47. The summed E-state index contributed by atoms with van der Waals surface area (Å²) in [7, 11) is 2.04. The Balaban J connectivity index is 2.14. The normalized spacial score (nSPS) is 9.85. The van der Waals surface area contributed by atoms with Gasteiger partial charge >= 0.3 is 0 Å². The lowest BCUT2D eigenvalue weighted by molar-refractivity contribution is -0.677. The summed E-state index contributed by atoms with van der Waals surface area (Å²) in [6.07, 6.45) is 9.07. The quantitative estimate of drug-likeness (QED) is 0.538. The molecule has 0 fully saturated rings. The summed E-state index contributed by atoms with van der Waals surface area (Å²) in [4.78, 5) is 3.19. The summed E-state index contributed by atoms with van der Waals surface area (Å²) in [5.74, 6) is 1.26. The highest BCUT2D eigenvalue weighted by atomic mass is 15.0. The molecule has 1 N–H and O–H groups in total. The molecule has 0 amide bonds. The summed E-state index contributed by atoms with van der Waals surface area (Å²) < 4.78 is 2.10. The molecule has 0 unspecified atom stereocenters. The molecule has 0 atom stereocenters. The number of nitrogens with one attached hydrogen (secondary N) is 1. The highest BCUT2D eigenvalue weighted by Crippen LogP contribution is 2.02. The monoisotopic (exact) mass is 178 g/mol. The van der Waals surface area contributed by atoms with E-state index < -0.39 is 0 Å². The van der Waals surface area contributed by atoms with Crippen LogP contribution in [-0.4, -0.2) is 4.98 Å². The molecule has 1 aromatic heterocycles. The second-order valence-corrected chi connectivity index (χ2v) is 3.24. The van der Waals surface area contributed by atoms with Crippen molar-refractivity contribution < 1.29 is 4.57 Å². The third-order valence-electron chi connectivity index (χ3n) is 2.18. The maximum absolute atomic E-state index is 8.33. The molecule has 1 heterocycles. The van der Waals surface area contributed by atoms with Crippen LogP contribution in [0.4, 0.5) is 0 Å². The molecule has 0 aromatic carbocycles. The number of aromatic nitrogens is 2. The molecule has 1 rings (SSSR count). The molecule has 0 saturated carbocycles. The smallest absolute Gasteiger partial charge is 0.248 e. The average Bonchev–Trinajstić information content (AvgIpc) is 2.52. The first-order valence-corrected chi connectivity index (χ1v) is 4.73. The first-order valence-electron chi connectivity index (χ1n) is 4.73. The van der Waals surface area contributed by atoms with Crippen LogP contribution in [0.15, 0.2) is 12.4 Å². The largest absolute Gasteiger partial charge is 0.253 e. The van der Waals surface area contributed by atoms with Crippen molar-refractivity contribution in [1.82, 2.24) is 4.98 Å². The Hall–Kier alpha value is -1.30. The van der Waals surface area contributed by atoms with Gasteiger partial charge in [-0.05, 0) is 12.8 Å². The van der Waals surface area contributed by atoms with E-state index in [0.29, 0.717) is 6.42 Å². The predicted molar refractivity (Wildman–Crippen MR) is 49.8 cm³/mol. The Morgan fingerprint density at radius 3 is 2.92 bits per heavy atom. The lowest BCUT2D eigenvalue weighted by Crippen LogP contribution is -2.30. The molecule has 13 heavy (non-hydrogen) atoms. The van der Waals surface area contributed by atoms with E-state index in [1.807, 2.05) is 19.4 Å². The van der Waals surface area contributed by atoms with Gasteiger partial charge in [0.1, 0.15) is 12.4 Å². The number of hydrogen-bond acceptors (Lipinski definition) is 1. The number of rotatable bonds is 5. The van der Waals surface area contributed by atoms with Crippen LogP contribution >= 0.6 is 0 Å². The van der Waals surface area contributed by atoms with Crippen molar-refractivity contribution in [2.75, 3.05) is 0 Å². The third-order valence-corrected chi connectivity index (χ3v) is 2.18. The average molecular weight is 178 g/mol. The summed E-state index contributed by atoms with van der Waals surface area (Å²) >= 11 is 0. The van der Waals surface area contributed by atoms with Gasteiger partial charge in [-0.25, -0.2) is 9.55 Å². The molecule has 0 aliphatic rings. The lowest BCUT2D eigenvalue weighted by Gasteiger charge is -1.94. The van der Waals surface area contributed by atoms with Gasteiger partial charge < -0.3 is 0 Å². The number of hydrogen-bond donors (Lipinski definition) is 1. The van der Waals surface area contributed by atoms with Crippen molar-refractivity contribution in [1.29, 1.82) is 5.26 Å². The standard InChI is InChI=1S/C10H15N3/c1-13-9-8-12-10(13)6-4-2-3-5-7-11/h8-9H,2-6H2,1H3/p+1. The van der Waals surface area contributed by atoms with Crippen molar-refractivity contribution in [2.24, 2.45) is 7.05 Å². The maximum Gasteiger partial charge on any atom is 0.253 e. The van der Waals surface area contributed by atoms with Gasteiger partial charge in [0.05, 0.1) is 13.1 Å². The van der Waals surface area contributed by atoms with Gasteiger partial charge in [-0.15, -0.1) is 0 Å². The fourth-order valence-electron chi connectivity index (χ4n) is 1.36. The van der Waals surface area contributed by atoms with Crippen molar-refractivity contribution in [3.8, 4) is 6.07 Å². The van der Waals surface area contributed by atoms with Crippen molar-refractivity contribution in [3.05, 3.63) is 18.2 Å². The molecular formula is C10H16N3+. The molecular weight excluding hydrogens is 162 g/mol. The fraction of sp³-hybridized carbons (Fsp3) is 0.600. The SMILES string of the molecule is C[n+]1cc[nH]c1CCCCCC#N.